The number of fused-ring (bicyclic) bond motifs is 1. The normalized spacial score (nSPS) is 15.8. The molecule has 2 N–H and O–H groups in total. The molecule has 0 spiro atoms. The van der Waals surface area contributed by atoms with Crippen LogP contribution in [0, 0.1) is 0 Å². The fourth-order valence-corrected chi connectivity index (χ4v) is 3.91. The molecule has 0 atom stereocenters. The van der Waals surface area contributed by atoms with Crippen LogP contribution in [0.2, 0.25) is 0 Å². The minimum absolute atomic E-state index is 0.110. The predicted molar refractivity (Wildman–Crippen MR) is 116 cm³/mol. The monoisotopic (exact) mass is 434 g/mol. The van der Waals surface area contributed by atoms with Crippen molar-refractivity contribution in [1.82, 2.24) is 25.1 Å². The zero-order valence-electron chi connectivity index (χ0n) is 17.1. The summed E-state index contributed by atoms with van der Waals surface area (Å²) >= 11 is 0. The van der Waals surface area contributed by atoms with E-state index in [2.05, 4.69) is 25.5 Å². The highest BCUT2D eigenvalue weighted by molar-refractivity contribution is 6.11. The fourth-order valence-electron chi connectivity index (χ4n) is 3.91. The van der Waals surface area contributed by atoms with Gasteiger partial charge in [-0.2, -0.15) is 5.10 Å². The molecule has 162 valence electrons. The van der Waals surface area contributed by atoms with E-state index in [1.54, 1.807) is 41.7 Å². The number of hydrogen-bond acceptors (Lipinski definition) is 5. The number of H-pyrrole nitrogens is 1. The lowest BCUT2D eigenvalue weighted by molar-refractivity contribution is 0.0115. The lowest BCUT2D eigenvalue weighted by Crippen LogP contribution is -2.24. The van der Waals surface area contributed by atoms with Gasteiger partial charge in [-0.15, -0.1) is 0 Å². The second kappa shape index (κ2) is 8.08. The molecule has 0 unspecified atom stereocenters. The summed E-state index contributed by atoms with van der Waals surface area (Å²) in [5, 5.41) is 10.5. The van der Waals surface area contributed by atoms with E-state index >= 15 is 0 Å². The van der Waals surface area contributed by atoms with Crippen LogP contribution in [-0.2, 0) is 6.54 Å². The zero-order chi connectivity index (χ0) is 22.1. The second-order valence-electron chi connectivity index (χ2n) is 7.90. The number of aromatic nitrogens is 4. The number of aromatic amines is 1. The maximum absolute atomic E-state index is 13.5. The quantitative estimate of drug-likeness (QED) is 0.494. The van der Waals surface area contributed by atoms with Gasteiger partial charge in [-0.1, -0.05) is 12.1 Å². The van der Waals surface area contributed by atoms with Crippen LogP contribution in [0.1, 0.15) is 22.5 Å². The van der Waals surface area contributed by atoms with Crippen LogP contribution in [0.15, 0.2) is 61.1 Å². The molecule has 1 aliphatic heterocycles. The zero-order valence-corrected chi connectivity index (χ0v) is 17.1. The molecular formula is C23H20F2N6O. The summed E-state index contributed by atoms with van der Waals surface area (Å²) in [7, 11) is 0. The molecule has 0 bridgehead atoms. The average Bonchev–Trinajstić information content (AvgIpc) is 3.36. The first-order valence-corrected chi connectivity index (χ1v) is 10.2. The number of rotatable bonds is 5. The van der Waals surface area contributed by atoms with Crippen molar-refractivity contribution in [2.45, 2.75) is 18.9 Å². The van der Waals surface area contributed by atoms with Crippen molar-refractivity contribution in [3.05, 3.63) is 72.3 Å². The molecule has 1 aromatic carbocycles. The Labute approximate surface area is 182 Å². The number of anilines is 1. The first kappa shape index (κ1) is 20.2. The van der Waals surface area contributed by atoms with Crippen molar-refractivity contribution in [1.29, 1.82) is 0 Å². The lowest BCUT2D eigenvalue weighted by Gasteiger charge is -2.15. The van der Waals surface area contributed by atoms with E-state index in [1.165, 1.54) is 0 Å². The minimum atomic E-state index is -2.62. The maximum atomic E-state index is 13.5. The fraction of sp³-hybridized carbons (Fsp3) is 0.217. The van der Waals surface area contributed by atoms with Gasteiger partial charge in [0, 0.05) is 49.1 Å². The van der Waals surface area contributed by atoms with E-state index in [4.69, 9.17) is 0 Å². The standard InChI is InChI=1S/C23H20F2N6O/c24-23(25)6-8-31(14-23)13-15-9-17(12-26-11-15)16-4-5-19-18(10-16)21(30-29-19)22(32)28-20-3-1-2-7-27-20/h1-5,7,9-12H,6,8,13-14H2,(H,29,30)(H,27,28,32). The highest BCUT2D eigenvalue weighted by atomic mass is 19.3. The summed E-state index contributed by atoms with van der Waals surface area (Å²) in [6.45, 7) is 0.558. The number of nitrogens with one attached hydrogen (secondary N) is 2. The maximum Gasteiger partial charge on any atom is 0.277 e. The number of pyridine rings is 2. The number of likely N-dealkylation sites (tertiary alicyclic amines) is 1. The Morgan fingerprint density at radius 2 is 2.06 bits per heavy atom. The third-order valence-electron chi connectivity index (χ3n) is 5.47. The van der Waals surface area contributed by atoms with Gasteiger partial charge in [0.15, 0.2) is 5.69 Å². The number of hydrogen-bond donors (Lipinski definition) is 2. The van der Waals surface area contributed by atoms with Crippen LogP contribution in [0.4, 0.5) is 14.6 Å². The largest absolute Gasteiger partial charge is 0.305 e. The highest BCUT2D eigenvalue weighted by Gasteiger charge is 2.37. The third kappa shape index (κ3) is 4.19. The van der Waals surface area contributed by atoms with Crippen molar-refractivity contribution in [3.8, 4) is 11.1 Å². The lowest BCUT2D eigenvalue weighted by atomic mass is 10.0. The summed E-state index contributed by atoms with van der Waals surface area (Å²) in [5.41, 5.74) is 3.54. The highest BCUT2D eigenvalue weighted by Crippen LogP contribution is 2.29. The van der Waals surface area contributed by atoms with Gasteiger partial charge in [0.25, 0.3) is 11.8 Å². The summed E-state index contributed by atoms with van der Waals surface area (Å²) in [6, 6.07) is 12.8. The minimum Gasteiger partial charge on any atom is -0.305 e. The molecule has 4 aromatic rings. The van der Waals surface area contributed by atoms with Crippen LogP contribution >= 0.6 is 0 Å². The van der Waals surface area contributed by atoms with Crippen LogP contribution in [0.3, 0.4) is 0 Å². The molecule has 9 heteroatoms. The Morgan fingerprint density at radius 1 is 1.16 bits per heavy atom. The van der Waals surface area contributed by atoms with Crippen molar-refractivity contribution >= 4 is 22.6 Å². The molecule has 0 saturated carbocycles. The molecule has 32 heavy (non-hydrogen) atoms. The molecule has 7 nitrogen and oxygen atoms in total. The molecule has 5 rings (SSSR count). The Bertz CT molecular complexity index is 1270. The Kier molecular flexibility index (Phi) is 5.10. The van der Waals surface area contributed by atoms with Gasteiger partial charge in [0.05, 0.1) is 12.1 Å². The number of carbonyl (C=O) groups is 1. The first-order chi connectivity index (χ1) is 15.5. The summed E-state index contributed by atoms with van der Waals surface area (Å²) in [5.74, 6) is -2.55. The third-order valence-corrected chi connectivity index (χ3v) is 5.47. The summed E-state index contributed by atoms with van der Waals surface area (Å²) in [4.78, 5) is 22.9. The van der Waals surface area contributed by atoms with Crippen LogP contribution < -0.4 is 5.32 Å². The summed E-state index contributed by atoms with van der Waals surface area (Å²) < 4.78 is 27.0. The molecule has 1 saturated heterocycles. The van der Waals surface area contributed by atoms with Gasteiger partial charge in [-0.05, 0) is 41.5 Å². The van der Waals surface area contributed by atoms with E-state index in [0.29, 0.717) is 24.3 Å². The topological polar surface area (TPSA) is 86.8 Å². The number of halogens is 2. The molecule has 3 aromatic heterocycles. The molecule has 1 fully saturated rings. The SMILES string of the molecule is O=C(Nc1ccccn1)c1n[nH]c2ccc(-c3cncc(CN4CCC(F)(F)C4)c3)cc12. The Morgan fingerprint density at radius 3 is 2.84 bits per heavy atom. The van der Waals surface area contributed by atoms with Crippen molar-refractivity contribution < 1.29 is 13.6 Å². The molecule has 1 amide bonds. The number of nitrogens with zero attached hydrogens (tertiary/aromatic N) is 4. The van der Waals surface area contributed by atoms with Crippen molar-refractivity contribution in [2.24, 2.45) is 0 Å². The van der Waals surface area contributed by atoms with Gasteiger partial charge < -0.3 is 5.32 Å². The number of benzene rings is 1. The van der Waals surface area contributed by atoms with Crippen LogP contribution in [0.25, 0.3) is 22.0 Å². The van der Waals surface area contributed by atoms with Gasteiger partial charge >= 0.3 is 0 Å². The van der Waals surface area contributed by atoms with E-state index in [9.17, 15) is 13.6 Å². The van der Waals surface area contributed by atoms with Crippen molar-refractivity contribution in [3.63, 3.8) is 0 Å². The molecule has 4 heterocycles. The van der Waals surface area contributed by atoms with Crippen LogP contribution in [0.5, 0.6) is 0 Å². The Hall–Kier alpha value is -3.72. The van der Waals surface area contributed by atoms with Gasteiger partial charge in [0.2, 0.25) is 0 Å². The average molecular weight is 434 g/mol. The second-order valence-corrected chi connectivity index (χ2v) is 7.90. The molecular weight excluding hydrogens is 414 g/mol. The van der Waals surface area contributed by atoms with E-state index in [-0.39, 0.29) is 24.6 Å². The van der Waals surface area contributed by atoms with Gasteiger partial charge in [-0.3, -0.25) is 19.8 Å². The smallest absolute Gasteiger partial charge is 0.277 e. The molecule has 1 aliphatic rings. The number of amides is 1. The molecule has 0 aliphatic carbocycles. The van der Waals surface area contributed by atoms with E-state index in [1.807, 2.05) is 24.3 Å². The van der Waals surface area contributed by atoms with E-state index in [0.717, 1.165) is 22.2 Å². The predicted octanol–water partition coefficient (Wildman–Crippen LogP) is 4.11. The number of alkyl halides is 2. The van der Waals surface area contributed by atoms with Crippen molar-refractivity contribution in [2.75, 3.05) is 18.4 Å². The van der Waals surface area contributed by atoms with Crippen LogP contribution in [-0.4, -0.2) is 50.0 Å². The molecule has 0 radical (unpaired) electrons. The first-order valence-electron chi connectivity index (χ1n) is 10.2. The summed E-state index contributed by atoms with van der Waals surface area (Å²) in [6.07, 6.45) is 4.90. The Balaban J connectivity index is 1.40. The van der Waals surface area contributed by atoms with Gasteiger partial charge in [-0.25, -0.2) is 13.8 Å². The van der Waals surface area contributed by atoms with Gasteiger partial charge in [0.1, 0.15) is 5.82 Å². The number of carbonyl (C=O) groups excluding carboxylic acids is 1. The van der Waals surface area contributed by atoms with E-state index < -0.39 is 5.92 Å².